The number of halogens is 4. The molecule has 3 aromatic heterocycles. The van der Waals surface area contributed by atoms with E-state index in [1.165, 1.54) is 13.8 Å². The molecule has 31 heteroatoms. The van der Waals surface area contributed by atoms with Gasteiger partial charge in [-0.25, -0.2) is 22.5 Å². The highest BCUT2D eigenvalue weighted by Gasteiger charge is 2.28. The van der Waals surface area contributed by atoms with Gasteiger partial charge in [0.05, 0.1) is 148 Å². The highest BCUT2D eigenvalue weighted by molar-refractivity contribution is 7.70. The van der Waals surface area contributed by atoms with E-state index in [1.807, 2.05) is 18.2 Å². The Morgan fingerprint density at radius 1 is 0.843 bits per heavy atom. The number of esters is 1. The Labute approximate surface area is 485 Å². The van der Waals surface area contributed by atoms with Crippen LogP contribution in [0.3, 0.4) is 0 Å². The van der Waals surface area contributed by atoms with E-state index in [-0.39, 0.29) is 62.3 Å². The van der Waals surface area contributed by atoms with Gasteiger partial charge in [0.1, 0.15) is 17.3 Å². The van der Waals surface area contributed by atoms with Gasteiger partial charge in [-0.05, 0) is 42.5 Å². The summed E-state index contributed by atoms with van der Waals surface area (Å²) in [6.45, 7) is 9.74. The van der Waals surface area contributed by atoms with Crippen molar-refractivity contribution in [1.82, 2.24) is 40.1 Å². The Bertz CT molecular complexity index is 2730. The summed E-state index contributed by atoms with van der Waals surface area (Å²) in [5, 5.41) is 19.8. The SMILES string of the molecule is C#C.CCC1CCC(n2ncc3c(NCc4ccccc4C(=O)NCCOCCOCCOCCOCc4cn(CCOCCOCCOCCOCCC(=O)Oc5c(F)cc(F)cc5F)nn4)nc(Cl)nc32)O1.COP(C)(=O)CP(O)O. The molecule has 1 aliphatic heterocycles. The number of carbonyl (C=O) groups excluding carboxylic acids is 2. The summed E-state index contributed by atoms with van der Waals surface area (Å²) in [5.41, 5.74) is 2.57. The first-order valence-electron chi connectivity index (χ1n) is 26.3. The van der Waals surface area contributed by atoms with Crippen LogP contribution in [0.1, 0.15) is 60.5 Å². The molecule has 6 rings (SSSR count). The summed E-state index contributed by atoms with van der Waals surface area (Å²) in [7, 11) is -3.49. The molecule has 4 heterocycles. The van der Waals surface area contributed by atoms with E-state index in [2.05, 4.69) is 65.0 Å². The second-order valence-corrected chi connectivity index (χ2v) is 22.2. The van der Waals surface area contributed by atoms with Crippen molar-refractivity contribution in [1.29, 1.82) is 0 Å². The Hall–Kier alpha value is -5.31. The van der Waals surface area contributed by atoms with E-state index >= 15 is 0 Å². The normalized spacial score (nSPS) is 14.7. The zero-order chi connectivity index (χ0) is 60.2. The third kappa shape index (κ3) is 27.1. The molecule has 3 unspecified atom stereocenters. The first-order chi connectivity index (χ1) is 40.2. The molecule has 4 N–H and O–H groups in total. The van der Waals surface area contributed by atoms with Crippen LogP contribution in [-0.2, 0) is 76.2 Å². The fraction of sp³-hybridized carbons (Fsp3) is 0.558. The minimum Gasteiger partial charge on any atom is -0.420 e. The minimum atomic E-state index is -2.70. The Kier molecular flexibility index (Phi) is 33.9. The lowest BCUT2D eigenvalue weighted by molar-refractivity contribution is -0.136. The number of nitrogens with one attached hydrogen (secondary N) is 2. The number of carbonyl (C=O) groups is 2. The lowest BCUT2D eigenvalue weighted by Gasteiger charge is -2.14. The summed E-state index contributed by atoms with van der Waals surface area (Å²) < 4.78 is 114. The summed E-state index contributed by atoms with van der Waals surface area (Å²) in [6, 6.07) is 8.18. The molecule has 83 heavy (non-hydrogen) atoms. The van der Waals surface area contributed by atoms with Gasteiger partial charge < -0.3 is 72.3 Å². The number of rotatable bonds is 39. The molecule has 1 fully saturated rings. The molecule has 3 atom stereocenters. The van der Waals surface area contributed by atoms with Gasteiger partial charge in [0.25, 0.3) is 5.91 Å². The maximum atomic E-state index is 13.6. The van der Waals surface area contributed by atoms with E-state index < -0.39 is 44.9 Å². The molecular formula is C52H73ClF3N9O16P2. The zero-order valence-electron chi connectivity index (χ0n) is 46.5. The number of hydrogen-bond donors (Lipinski definition) is 4. The third-order valence-electron chi connectivity index (χ3n) is 11.4. The molecule has 1 amide bonds. The van der Waals surface area contributed by atoms with Crippen molar-refractivity contribution in [2.75, 3.05) is 131 Å². The van der Waals surface area contributed by atoms with Gasteiger partial charge in [0.15, 0.2) is 31.9 Å². The van der Waals surface area contributed by atoms with E-state index in [4.69, 9.17) is 64.0 Å². The number of terminal acetylenes is 1. The maximum absolute atomic E-state index is 13.6. The summed E-state index contributed by atoms with van der Waals surface area (Å²) in [5.74, 6) is -5.45. The second-order valence-electron chi connectivity index (χ2n) is 17.6. The fourth-order valence-corrected chi connectivity index (χ4v) is 9.79. The molecule has 1 aliphatic rings. The van der Waals surface area contributed by atoms with Crippen LogP contribution in [0.15, 0.2) is 48.8 Å². The average Bonchev–Trinajstić information content (AvgIpc) is 4.29. The monoisotopic (exact) mass is 1230 g/mol. The number of benzene rings is 2. The molecule has 1 saturated heterocycles. The van der Waals surface area contributed by atoms with Crippen LogP contribution in [0.2, 0.25) is 5.28 Å². The molecule has 25 nitrogen and oxygen atoms in total. The predicted octanol–water partition coefficient (Wildman–Crippen LogP) is 6.29. The van der Waals surface area contributed by atoms with Crippen LogP contribution < -0.4 is 15.4 Å². The van der Waals surface area contributed by atoms with Crippen LogP contribution >= 0.6 is 27.3 Å². The number of ether oxygens (including phenoxy) is 10. The fourth-order valence-electron chi connectivity index (χ4n) is 7.32. The molecule has 0 aliphatic carbocycles. The number of nitrogens with zero attached hydrogens (tertiary/aromatic N) is 7. The summed E-state index contributed by atoms with van der Waals surface area (Å²) in [6.07, 6.45) is 14.0. The average molecular weight is 1230 g/mol. The Morgan fingerprint density at radius 3 is 2.02 bits per heavy atom. The zero-order valence-corrected chi connectivity index (χ0v) is 49.1. The van der Waals surface area contributed by atoms with Gasteiger partial charge in [-0.3, -0.25) is 14.2 Å². The summed E-state index contributed by atoms with van der Waals surface area (Å²) in [4.78, 5) is 50.5. The van der Waals surface area contributed by atoms with Crippen molar-refractivity contribution in [2.24, 2.45) is 0 Å². The molecule has 0 radical (unpaired) electrons. The first-order valence-corrected chi connectivity index (χ1v) is 30.4. The quantitative estimate of drug-likeness (QED) is 0.00839. The number of anilines is 1. The largest absolute Gasteiger partial charge is 0.420 e. The van der Waals surface area contributed by atoms with Crippen molar-refractivity contribution in [3.05, 3.63) is 88.3 Å². The van der Waals surface area contributed by atoms with Crippen molar-refractivity contribution in [3.63, 3.8) is 0 Å². The predicted molar refractivity (Wildman–Crippen MR) is 299 cm³/mol. The Balaban J connectivity index is 0.00000122. The van der Waals surface area contributed by atoms with E-state index in [0.29, 0.717) is 139 Å². The van der Waals surface area contributed by atoms with Gasteiger partial charge in [-0.2, -0.15) is 15.1 Å². The molecular weight excluding hydrogens is 1160 g/mol. The van der Waals surface area contributed by atoms with E-state index in [1.54, 1.807) is 27.8 Å². The van der Waals surface area contributed by atoms with Gasteiger partial charge in [-0.1, -0.05) is 30.3 Å². The van der Waals surface area contributed by atoms with Crippen LogP contribution in [0.25, 0.3) is 11.0 Å². The lowest BCUT2D eigenvalue weighted by atomic mass is 10.1. The molecule has 0 spiro atoms. The molecule has 0 saturated carbocycles. The standard InChI is InChI=1S/C47H61ClF3N9O12.C3H10O4P2.C2H2/c1-2-36-7-8-41(71-36)60-45-38(30-54-60)44(55-47(48)56-45)53-29-33-5-3-4-6-37(33)46(62)52-10-13-64-16-19-67-23-24-69-25-26-70-32-35-31-59(58-57-35)11-14-65-17-20-68-22-21-66-18-15-63-12-9-42(61)72-43-39(50)27-34(49)28-40(43)51;1-7-9(2,6)3-8(4)5;1-2/h3-6,27-28,30-31,36,41H,2,7-26,29,32H2,1H3,(H,52,62)(H,53,55,56);4-5H,3H2,1-2H3;1-2H. The van der Waals surface area contributed by atoms with Crippen molar-refractivity contribution in [2.45, 2.75) is 64.6 Å². The third-order valence-corrected chi connectivity index (χ3v) is 15.4. The molecule has 0 bridgehead atoms. The highest BCUT2D eigenvalue weighted by atomic mass is 35.5. The molecule has 2 aromatic carbocycles. The maximum Gasteiger partial charge on any atom is 0.313 e. The first kappa shape index (κ1) is 70.2. The second kappa shape index (κ2) is 40.1. The number of hydrogen-bond acceptors (Lipinski definition) is 22. The lowest BCUT2D eigenvalue weighted by Crippen LogP contribution is -2.28. The van der Waals surface area contributed by atoms with Crippen molar-refractivity contribution in [3.8, 4) is 18.6 Å². The van der Waals surface area contributed by atoms with Crippen molar-refractivity contribution >= 4 is 56.1 Å². The van der Waals surface area contributed by atoms with E-state index in [0.717, 1.165) is 24.8 Å². The van der Waals surface area contributed by atoms with E-state index in [9.17, 15) is 27.3 Å². The minimum absolute atomic E-state index is 0.0511. The summed E-state index contributed by atoms with van der Waals surface area (Å²) >= 11 is 6.33. The number of amides is 1. The van der Waals surface area contributed by atoms with Gasteiger partial charge in [0, 0.05) is 44.6 Å². The van der Waals surface area contributed by atoms with Crippen LogP contribution in [0.5, 0.6) is 5.75 Å². The molecule has 5 aromatic rings. The topological polar surface area (TPSA) is 292 Å². The van der Waals surface area contributed by atoms with Gasteiger partial charge >= 0.3 is 5.97 Å². The Morgan fingerprint density at radius 2 is 1.43 bits per heavy atom. The van der Waals surface area contributed by atoms with Crippen LogP contribution in [0.4, 0.5) is 19.0 Å². The number of fused-ring (bicyclic) bond motifs is 1. The smallest absolute Gasteiger partial charge is 0.313 e. The van der Waals surface area contributed by atoms with Crippen molar-refractivity contribution < 1.29 is 89.0 Å². The van der Waals surface area contributed by atoms with Gasteiger partial charge in [-0.15, -0.1) is 17.9 Å². The van der Waals surface area contributed by atoms with Crippen LogP contribution in [-0.4, -0.2) is 188 Å². The highest BCUT2D eigenvalue weighted by Crippen LogP contribution is 2.50. The van der Waals surface area contributed by atoms with Crippen LogP contribution in [0, 0.1) is 30.3 Å². The molecule has 460 valence electrons. The number of aromatic nitrogens is 7. The van der Waals surface area contributed by atoms with Gasteiger partial charge in [0.2, 0.25) is 18.4 Å².